The first kappa shape index (κ1) is 45.7. The first-order valence-corrected chi connectivity index (χ1v) is 25.3. The van der Waals surface area contributed by atoms with E-state index in [1.54, 1.807) is 0 Å². The van der Waals surface area contributed by atoms with E-state index in [2.05, 4.69) is 143 Å². The summed E-state index contributed by atoms with van der Waals surface area (Å²) in [4.78, 5) is 31.9. The molecule has 7 heteroatoms. The van der Waals surface area contributed by atoms with E-state index in [0.717, 1.165) is 65.4 Å². The molecule has 0 aliphatic carbocycles. The van der Waals surface area contributed by atoms with Gasteiger partial charge in [0.1, 0.15) is 0 Å². The maximum absolute atomic E-state index is 4.93. The van der Waals surface area contributed by atoms with E-state index in [0.29, 0.717) is 0 Å². The number of benzene rings is 6. The van der Waals surface area contributed by atoms with E-state index in [9.17, 15) is 0 Å². The molecule has 7 nitrogen and oxygen atoms in total. The Hall–Kier alpha value is -8.42. The summed E-state index contributed by atoms with van der Waals surface area (Å²) in [6.45, 7) is 27.9. The van der Waals surface area contributed by atoms with Gasteiger partial charge in [-0.1, -0.05) is 36.4 Å². The van der Waals surface area contributed by atoms with E-state index in [4.69, 9.17) is 29.9 Å². The van der Waals surface area contributed by atoms with Crippen LogP contribution in [0.1, 0.15) is 66.8 Å². The van der Waals surface area contributed by atoms with E-state index in [1.165, 1.54) is 117 Å². The molecule has 12 aromatic rings. The van der Waals surface area contributed by atoms with Gasteiger partial charge in [0.2, 0.25) is 0 Å². The van der Waals surface area contributed by atoms with Gasteiger partial charge in [0.25, 0.3) is 0 Å². The summed E-state index contributed by atoms with van der Waals surface area (Å²) in [7, 11) is 0. The largest absolute Gasteiger partial charge is 0.309 e. The molecule has 0 radical (unpaired) electrons. The van der Waals surface area contributed by atoms with Gasteiger partial charge in [-0.25, -0.2) is 0 Å². The van der Waals surface area contributed by atoms with Crippen molar-refractivity contribution in [3.05, 3.63) is 195 Å². The lowest BCUT2D eigenvalue weighted by Crippen LogP contribution is -2.21. The summed E-state index contributed by atoms with van der Waals surface area (Å²) in [5, 5.41) is 6.54. The van der Waals surface area contributed by atoms with Crippen LogP contribution in [0.25, 0.3) is 98.8 Å². The van der Waals surface area contributed by atoms with Gasteiger partial charge in [-0.2, -0.15) is 0 Å². The molecule has 73 heavy (non-hydrogen) atoms. The molecular formula is C66H57N7. The number of nitrogens with zero attached hydrogens (tertiary/aromatic N) is 7. The molecule has 12 rings (SSSR count). The highest BCUT2D eigenvalue weighted by atomic mass is 15.2. The van der Waals surface area contributed by atoms with E-state index >= 15 is 0 Å². The van der Waals surface area contributed by atoms with Gasteiger partial charge >= 0.3 is 0 Å². The summed E-state index contributed by atoms with van der Waals surface area (Å²) in [6, 6.07) is 32.2. The van der Waals surface area contributed by atoms with Crippen molar-refractivity contribution in [2.75, 3.05) is 4.90 Å². The van der Waals surface area contributed by atoms with Gasteiger partial charge in [-0.3, -0.25) is 29.9 Å². The predicted octanol–water partition coefficient (Wildman–Crippen LogP) is 17.1. The molecule has 0 spiro atoms. The molecule has 6 aromatic heterocycles. The highest BCUT2D eigenvalue weighted by Gasteiger charge is 2.32. The number of fused-ring (bicyclic) bond motifs is 9. The summed E-state index contributed by atoms with van der Waals surface area (Å²) in [5.74, 6) is 0. The monoisotopic (exact) mass is 947 g/mol. The molecule has 0 saturated carbocycles. The van der Waals surface area contributed by atoms with Gasteiger partial charge in [-0.15, -0.1) is 0 Å². The van der Waals surface area contributed by atoms with Crippen molar-refractivity contribution in [3.63, 3.8) is 0 Å². The van der Waals surface area contributed by atoms with Crippen molar-refractivity contribution < 1.29 is 0 Å². The maximum atomic E-state index is 4.93. The van der Waals surface area contributed by atoms with Gasteiger partial charge in [0.05, 0.1) is 50.2 Å². The van der Waals surface area contributed by atoms with Gasteiger partial charge in [0.15, 0.2) is 0 Å². The van der Waals surface area contributed by atoms with Crippen LogP contribution in [0.2, 0.25) is 0 Å². The Balaban J connectivity index is 1.17. The quantitative estimate of drug-likeness (QED) is 0.154. The fourth-order valence-corrected chi connectivity index (χ4v) is 12.4. The highest BCUT2D eigenvalue weighted by Crippen LogP contribution is 2.54. The molecule has 0 atom stereocenters. The second-order valence-corrected chi connectivity index (χ2v) is 20.2. The van der Waals surface area contributed by atoms with Crippen molar-refractivity contribution in [2.45, 2.75) is 83.1 Å². The topological polar surface area (TPSA) is 80.6 Å². The average Bonchev–Trinajstić information content (AvgIpc) is 3.41. The molecule has 0 N–H and O–H groups in total. The lowest BCUT2D eigenvalue weighted by Gasteiger charge is -2.38. The van der Waals surface area contributed by atoms with Crippen LogP contribution in [0.15, 0.2) is 128 Å². The number of rotatable bonds is 6. The number of aromatic nitrogens is 6. The normalized spacial score (nSPS) is 11.8. The van der Waals surface area contributed by atoms with Crippen molar-refractivity contribution in [2.24, 2.45) is 0 Å². The average molecular weight is 948 g/mol. The minimum absolute atomic E-state index is 0.919. The lowest BCUT2D eigenvalue weighted by molar-refractivity contribution is 1.10. The molecule has 356 valence electrons. The SMILES string of the molecule is Cc1c(C)c(N(c2c(C)c(C)c(-c3cc4cccnc4c4ncccc34)c(C)c2C)c2c(C)c(C)c(-c3cc4cccnc4c4ncccc34)c(C)c2C)c(C)c(C)c1-c1cc2cccnc2c2ncccc12. The zero-order valence-electron chi connectivity index (χ0n) is 43.8. The Morgan fingerprint density at radius 3 is 0.726 bits per heavy atom. The fourth-order valence-electron chi connectivity index (χ4n) is 12.4. The van der Waals surface area contributed by atoms with Crippen LogP contribution in [-0.4, -0.2) is 29.9 Å². The van der Waals surface area contributed by atoms with E-state index < -0.39 is 0 Å². The second kappa shape index (κ2) is 17.1. The summed E-state index contributed by atoms with van der Waals surface area (Å²) >= 11 is 0. The Morgan fingerprint density at radius 2 is 0.479 bits per heavy atom. The van der Waals surface area contributed by atoms with Gasteiger partial charge in [0, 0.05) is 69.5 Å². The third kappa shape index (κ3) is 6.71. The van der Waals surface area contributed by atoms with E-state index in [-0.39, 0.29) is 0 Å². The summed E-state index contributed by atoms with van der Waals surface area (Å²) in [5.41, 5.74) is 31.2. The Morgan fingerprint density at radius 1 is 0.260 bits per heavy atom. The predicted molar refractivity (Wildman–Crippen MR) is 306 cm³/mol. The van der Waals surface area contributed by atoms with Crippen LogP contribution in [0, 0.1) is 83.1 Å². The molecule has 0 aliphatic rings. The fraction of sp³-hybridized carbons (Fsp3) is 0.182. The second-order valence-electron chi connectivity index (χ2n) is 20.2. The lowest BCUT2D eigenvalue weighted by atomic mass is 9.82. The van der Waals surface area contributed by atoms with Crippen molar-refractivity contribution in [1.82, 2.24) is 29.9 Å². The van der Waals surface area contributed by atoms with E-state index in [1.807, 2.05) is 73.6 Å². The minimum atomic E-state index is 0.919. The van der Waals surface area contributed by atoms with Gasteiger partial charge in [-0.05, 0) is 238 Å². The highest BCUT2D eigenvalue weighted by molar-refractivity contribution is 6.14. The Labute approximate surface area is 426 Å². The molecule has 0 saturated heterocycles. The number of hydrogen-bond donors (Lipinski definition) is 0. The summed E-state index contributed by atoms with van der Waals surface area (Å²) < 4.78 is 0. The summed E-state index contributed by atoms with van der Waals surface area (Å²) in [6.07, 6.45) is 11.2. The van der Waals surface area contributed by atoms with Crippen LogP contribution in [-0.2, 0) is 0 Å². The number of anilines is 3. The Bertz CT molecular complexity index is 3830. The zero-order valence-corrected chi connectivity index (χ0v) is 43.8. The standard InChI is InChI=1S/C66H57N7/c1-34-40(7)64(41(8)35(2)55(34)52-31-46-19-13-25-67-58(46)61-49(52)22-16-28-70-61)73(65-42(9)36(3)56(37(4)43(65)10)53-32-47-20-14-26-68-59(47)62-50(53)23-17-29-71-62)66-44(11)38(5)57(39(6)45(66)12)54-33-48-21-15-27-69-60(48)63-51(54)24-18-30-72-63/h13-33H,1-12H3. The van der Waals surface area contributed by atoms with Crippen molar-refractivity contribution in [3.8, 4) is 33.4 Å². The molecular weight excluding hydrogens is 891 g/mol. The first-order valence-electron chi connectivity index (χ1n) is 25.3. The van der Waals surface area contributed by atoms with Crippen molar-refractivity contribution in [1.29, 1.82) is 0 Å². The third-order valence-corrected chi connectivity index (χ3v) is 16.6. The molecule has 0 aliphatic heterocycles. The first-order chi connectivity index (χ1) is 35.3. The number of pyridine rings is 6. The zero-order chi connectivity index (χ0) is 50.7. The van der Waals surface area contributed by atoms with Crippen LogP contribution < -0.4 is 4.90 Å². The smallest absolute Gasteiger partial charge is 0.0970 e. The molecule has 0 amide bonds. The molecule has 0 unspecified atom stereocenters. The third-order valence-electron chi connectivity index (χ3n) is 16.6. The van der Waals surface area contributed by atoms with Crippen LogP contribution in [0.5, 0.6) is 0 Å². The van der Waals surface area contributed by atoms with Crippen LogP contribution in [0.4, 0.5) is 17.1 Å². The van der Waals surface area contributed by atoms with Crippen molar-refractivity contribution >= 4 is 82.5 Å². The molecule has 6 heterocycles. The Kier molecular flexibility index (Phi) is 10.7. The van der Waals surface area contributed by atoms with Crippen LogP contribution in [0.3, 0.4) is 0 Å². The molecule has 6 aromatic carbocycles. The minimum Gasteiger partial charge on any atom is -0.309 e. The van der Waals surface area contributed by atoms with Crippen LogP contribution >= 0.6 is 0 Å². The maximum Gasteiger partial charge on any atom is 0.0970 e. The molecule has 0 bridgehead atoms. The molecule has 0 fully saturated rings. The van der Waals surface area contributed by atoms with Gasteiger partial charge < -0.3 is 4.90 Å². The number of hydrogen-bond acceptors (Lipinski definition) is 7.